The number of hydrogen-bond donors (Lipinski definition) is 1. The highest BCUT2D eigenvalue weighted by Crippen LogP contribution is 2.34. The van der Waals surface area contributed by atoms with E-state index >= 15 is 0 Å². The van der Waals surface area contributed by atoms with Crippen molar-refractivity contribution in [1.82, 2.24) is 4.90 Å². The number of carbonyl (C=O) groups is 1. The molecule has 1 heterocycles. The van der Waals surface area contributed by atoms with E-state index in [1.54, 1.807) is 0 Å². The van der Waals surface area contributed by atoms with Gasteiger partial charge in [-0.15, -0.1) is 0 Å². The number of nitrogens with one attached hydrogen (secondary N) is 1. The number of fused-ring (bicyclic) bond motifs is 1. The Hall–Kier alpha value is -1.51. The molecular formula is C14H20N2O. The van der Waals surface area contributed by atoms with E-state index in [4.69, 9.17) is 0 Å². The van der Waals surface area contributed by atoms with Crippen molar-refractivity contribution in [3.63, 3.8) is 0 Å². The van der Waals surface area contributed by atoms with Crippen molar-refractivity contribution in [2.24, 2.45) is 0 Å². The molecular weight excluding hydrogens is 212 g/mol. The summed E-state index contributed by atoms with van der Waals surface area (Å²) < 4.78 is 0. The molecule has 0 saturated heterocycles. The maximum absolute atomic E-state index is 12.5. The Labute approximate surface area is 103 Å². The van der Waals surface area contributed by atoms with Crippen LogP contribution in [0.25, 0.3) is 0 Å². The van der Waals surface area contributed by atoms with Gasteiger partial charge in [0.15, 0.2) is 0 Å². The molecule has 0 aliphatic carbocycles. The number of para-hydroxylation sites is 1. The van der Waals surface area contributed by atoms with Gasteiger partial charge in [0.1, 0.15) is 5.66 Å². The highest BCUT2D eigenvalue weighted by molar-refractivity contribution is 6.02. The number of carbonyl (C=O) groups excluding carboxylic acids is 1. The molecule has 0 saturated carbocycles. The Morgan fingerprint density at radius 3 is 2.41 bits per heavy atom. The number of benzene rings is 1. The van der Waals surface area contributed by atoms with Crippen molar-refractivity contribution in [3.05, 3.63) is 29.8 Å². The van der Waals surface area contributed by atoms with Crippen LogP contribution in [-0.2, 0) is 0 Å². The van der Waals surface area contributed by atoms with Crippen molar-refractivity contribution < 1.29 is 4.79 Å². The molecule has 3 heteroatoms. The lowest BCUT2D eigenvalue weighted by atomic mass is 9.94. The molecule has 1 amide bonds. The molecule has 1 aliphatic rings. The summed E-state index contributed by atoms with van der Waals surface area (Å²) in [6.45, 7) is 7.02. The van der Waals surface area contributed by atoms with Crippen molar-refractivity contribution in [2.75, 3.05) is 11.9 Å². The average Bonchev–Trinajstić information content (AvgIpc) is 2.38. The maximum Gasteiger partial charge on any atom is 0.257 e. The maximum atomic E-state index is 12.5. The van der Waals surface area contributed by atoms with Crippen LogP contribution < -0.4 is 5.32 Å². The summed E-state index contributed by atoms with van der Waals surface area (Å²) in [6, 6.07) is 7.76. The fraction of sp³-hybridized carbons (Fsp3) is 0.500. The molecule has 92 valence electrons. The topological polar surface area (TPSA) is 32.3 Å². The van der Waals surface area contributed by atoms with Gasteiger partial charge in [0, 0.05) is 12.2 Å². The molecule has 0 radical (unpaired) electrons. The van der Waals surface area contributed by atoms with Gasteiger partial charge in [-0.3, -0.25) is 4.79 Å². The highest BCUT2D eigenvalue weighted by Gasteiger charge is 2.40. The minimum absolute atomic E-state index is 0.144. The number of rotatable bonds is 3. The first-order valence-electron chi connectivity index (χ1n) is 6.37. The van der Waals surface area contributed by atoms with Crippen LogP contribution in [-0.4, -0.2) is 23.0 Å². The van der Waals surface area contributed by atoms with Crippen LogP contribution in [0, 0.1) is 0 Å². The van der Waals surface area contributed by atoms with E-state index in [-0.39, 0.29) is 11.6 Å². The summed E-state index contributed by atoms with van der Waals surface area (Å²) in [6.07, 6.45) is 1.83. The second-order valence-corrected chi connectivity index (χ2v) is 4.46. The molecule has 0 bridgehead atoms. The lowest BCUT2D eigenvalue weighted by Crippen LogP contribution is -2.59. The van der Waals surface area contributed by atoms with Gasteiger partial charge in [0.2, 0.25) is 0 Å². The van der Waals surface area contributed by atoms with Crippen LogP contribution in [0.3, 0.4) is 0 Å². The molecule has 0 spiro atoms. The summed E-state index contributed by atoms with van der Waals surface area (Å²) in [7, 11) is 0. The fourth-order valence-corrected chi connectivity index (χ4v) is 2.69. The first-order valence-corrected chi connectivity index (χ1v) is 6.37. The lowest BCUT2D eigenvalue weighted by Gasteiger charge is -2.47. The largest absolute Gasteiger partial charge is 0.362 e. The molecule has 0 fully saturated rings. The number of amides is 1. The van der Waals surface area contributed by atoms with Gasteiger partial charge in [0.05, 0.1) is 5.56 Å². The van der Waals surface area contributed by atoms with E-state index in [9.17, 15) is 4.79 Å². The summed E-state index contributed by atoms with van der Waals surface area (Å²) in [4.78, 5) is 14.4. The smallest absolute Gasteiger partial charge is 0.257 e. The zero-order chi connectivity index (χ0) is 12.5. The average molecular weight is 232 g/mol. The summed E-state index contributed by atoms with van der Waals surface area (Å²) in [5.74, 6) is 0.144. The van der Waals surface area contributed by atoms with E-state index in [1.807, 2.05) is 36.1 Å². The molecule has 17 heavy (non-hydrogen) atoms. The Balaban J connectivity index is 2.51. The van der Waals surface area contributed by atoms with Gasteiger partial charge in [-0.25, -0.2) is 0 Å². The normalized spacial score (nSPS) is 17.6. The molecule has 3 nitrogen and oxygen atoms in total. The van der Waals surface area contributed by atoms with Gasteiger partial charge in [0.25, 0.3) is 5.91 Å². The van der Waals surface area contributed by atoms with E-state index in [1.165, 1.54) is 0 Å². The molecule has 1 aromatic carbocycles. The first kappa shape index (κ1) is 12.0. The van der Waals surface area contributed by atoms with Crippen LogP contribution in [0.2, 0.25) is 0 Å². The van der Waals surface area contributed by atoms with Crippen molar-refractivity contribution >= 4 is 11.6 Å². The van der Waals surface area contributed by atoms with Gasteiger partial charge < -0.3 is 10.2 Å². The minimum Gasteiger partial charge on any atom is -0.362 e. The van der Waals surface area contributed by atoms with Crippen LogP contribution in [0.1, 0.15) is 44.0 Å². The van der Waals surface area contributed by atoms with Gasteiger partial charge >= 0.3 is 0 Å². The van der Waals surface area contributed by atoms with E-state index in [2.05, 4.69) is 19.2 Å². The molecule has 2 rings (SSSR count). The monoisotopic (exact) mass is 232 g/mol. The van der Waals surface area contributed by atoms with Crippen molar-refractivity contribution in [1.29, 1.82) is 0 Å². The highest BCUT2D eigenvalue weighted by atomic mass is 16.2. The molecule has 0 unspecified atom stereocenters. The second-order valence-electron chi connectivity index (χ2n) is 4.46. The zero-order valence-electron chi connectivity index (χ0n) is 10.8. The standard InChI is InChI=1S/C14H20N2O/c1-4-14(5-2)15-12-10-8-7-9-11(12)13(17)16(14)6-3/h7-10,15H,4-6H2,1-3H3. The Kier molecular flexibility index (Phi) is 3.09. The minimum atomic E-state index is -0.222. The van der Waals surface area contributed by atoms with E-state index in [0.29, 0.717) is 0 Å². The van der Waals surface area contributed by atoms with Crippen LogP contribution >= 0.6 is 0 Å². The predicted octanol–water partition coefficient (Wildman–Crippen LogP) is 3.09. The van der Waals surface area contributed by atoms with Crippen molar-refractivity contribution in [3.8, 4) is 0 Å². The second kappa shape index (κ2) is 4.40. The van der Waals surface area contributed by atoms with E-state index < -0.39 is 0 Å². The molecule has 1 aromatic rings. The molecule has 0 atom stereocenters. The molecule has 1 N–H and O–H groups in total. The number of anilines is 1. The van der Waals surface area contributed by atoms with Crippen molar-refractivity contribution in [2.45, 2.75) is 39.3 Å². The van der Waals surface area contributed by atoms with Crippen LogP contribution in [0.5, 0.6) is 0 Å². The Morgan fingerprint density at radius 1 is 1.18 bits per heavy atom. The SMILES string of the molecule is CCN1C(=O)c2ccccc2NC1(CC)CC. The fourth-order valence-electron chi connectivity index (χ4n) is 2.69. The number of hydrogen-bond acceptors (Lipinski definition) is 2. The van der Waals surface area contributed by atoms with Gasteiger partial charge in [-0.05, 0) is 31.9 Å². The van der Waals surface area contributed by atoms with Gasteiger partial charge in [-0.1, -0.05) is 26.0 Å². The summed E-state index contributed by atoms with van der Waals surface area (Å²) in [5.41, 5.74) is 1.53. The third-order valence-electron chi connectivity index (χ3n) is 3.77. The summed E-state index contributed by atoms with van der Waals surface area (Å²) in [5, 5.41) is 3.55. The van der Waals surface area contributed by atoms with Crippen LogP contribution in [0.15, 0.2) is 24.3 Å². The third kappa shape index (κ3) is 1.70. The number of nitrogens with zero attached hydrogens (tertiary/aromatic N) is 1. The Morgan fingerprint density at radius 2 is 1.82 bits per heavy atom. The first-order chi connectivity index (χ1) is 8.18. The molecule has 1 aliphatic heterocycles. The molecule has 0 aromatic heterocycles. The van der Waals surface area contributed by atoms with Gasteiger partial charge in [-0.2, -0.15) is 0 Å². The quantitative estimate of drug-likeness (QED) is 0.868. The Bertz CT molecular complexity index is 424. The van der Waals surface area contributed by atoms with E-state index in [0.717, 1.165) is 30.6 Å². The summed E-state index contributed by atoms with van der Waals surface area (Å²) >= 11 is 0. The van der Waals surface area contributed by atoms with Crippen LogP contribution in [0.4, 0.5) is 5.69 Å². The third-order valence-corrected chi connectivity index (χ3v) is 3.77. The zero-order valence-corrected chi connectivity index (χ0v) is 10.8. The lowest BCUT2D eigenvalue weighted by molar-refractivity contribution is 0.0501. The predicted molar refractivity (Wildman–Crippen MR) is 70.1 cm³/mol.